The van der Waals surface area contributed by atoms with Crippen LogP contribution in [-0.2, 0) is 4.74 Å². The molecule has 0 amide bonds. The molecule has 2 aromatic rings. The summed E-state index contributed by atoms with van der Waals surface area (Å²) in [6.45, 7) is 6.07. The Hall–Kier alpha value is -2.69. The standard InChI is InChI=1S/C20H24N6O/c21-11-15-1-3-17(4-2-15)19-18(26-7-9-27-10-8-26)14-24-20(25-19)23-13-16-5-6-22-12-16/h1-4,14,16,22H,5-10,12-13H2,(H,23,24,25)/t16-/m0/s1. The number of aromatic nitrogens is 2. The molecule has 0 unspecified atom stereocenters. The lowest BCUT2D eigenvalue weighted by atomic mass is 10.1. The molecule has 2 aliphatic heterocycles. The quantitative estimate of drug-likeness (QED) is 0.838. The van der Waals surface area contributed by atoms with Gasteiger partial charge in [0.15, 0.2) is 0 Å². The molecule has 0 saturated carbocycles. The number of benzene rings is 1. The van der Waals surface area contributed by atoms with Crippen LogP contribution in [0.15, 0.2) is 30.5 Å². The molecule has 4 rings (SSSR count). The SMILES string of the molecule is N#Cc1ccc(-c2nc(NC[C@H]3CCNC3)ncc2N2CCOCC2)cc1. The molecular weight excluding hydrogens is 340 g/mol. The maximum atomic E-state index is 9.06. The predicted molar refractivity (Wildman–Crippen MR) is 105 cm³/mol. The van der Waals surface area contributed by atoms with E-state index in [1.54, 1.807) is 0 Å². The van der Waals surface area contributed by atoms with E-state index in [-0.39, 0.29) is 0 Å². The number of ether oxygens (including phenoxy) is 1. The van der Waals surface area contributed by atoms with Crippen LogP contribution in [0.5, 0.6) is 0 Å². The maximum absolute atomic E-state index is 9.06. The fourth-order valence-corrected chi connectivity index (χ4v) is 3.54. The van der Waals surface area contributed by atoms with E-state index in [0.29, 0.717) is 30.6 Å². The van der Waals surface area contributed by atoms with Crippen LogP contribution in [0.4, 0.5) is 11.6 Å². The fourth-order valence-electron chi connectivity index (χ4n) is 3.54. The van der Waals surface area contributed by atoms with Gasteiger partial charge >= 0.3 is 0 Å². The van der Waals surface area contributed by atoms with Crippen LogP contribution in [-0.4, -0.2) is 55.9 Å². The van der Waals surface area contributed by atoms with E-state index in [1.807, 2.05) is 30.5 Å². The smallest absolute Gasteiger partial charge is 0.223 e. The van der Waals surface area contributed by atoms with Crippen LogP contribution in [0, 0.1) is 17.2 Å². The number of nitrogens with zero attached hydrogens (tertiary/aromatic N) is 4. The van der Waals surface area contributed by atoms with Gasteiger partial charge in [0.2, 0.25) is 5.95 Å². The van der Waals surface area contributed by atoms with E-state index < -0.39 is 0 Å². The zero-order chi connectivity index (χ0) is 18.5. The van der Waals surface area contributed by atoms with E-state index in [0.717, 1.165) is 49.7 Å². The van der Waals surface area contributed by atoms with Gasteiger partial charge in [-0.15, -0.1) is 0 Å². The summed E-state index contributed by atoms with van der Waals surface area (Å²) in [6, 6.07) is 9.74. The van der Waals surface area contributed by atoms with Crippen molar-refractivity contribution >= 4 is 11.6 Å². The number of hydrogen-bond acceptors (Lipinski definition) is 7. The minimum absolute atomic E-state index is 0.617. The third kappa shape index (κ3) is 4.18. The Morgan fingerprint density at radius 3 is 2.78 bits per heavy atom. The molecule has 1 atom stereocenters. The lowest BCUT2D eigenvalue weighted by Crippen LogP contribution is -2.36. The number of nitrogens with one attached hydrogen (secondary N) is 2. The molecule has 0 spiro atoms. The Balaban J connectivity index is 1.62. The highest BCUT2D eigenvalue weighted by Crippen LogP contribution is 2.30. The summed E-state index contributed by atoms with van der Waals surface area (Å²) < 4.78 is 5.48. The molecule has 1 aromatic heterocycles. The molecule has 0 bridgehead atoms. The highest BCUT2D eigenvalue weighted by molar-refractivity contribution is 5.76. The summed E-state index contributed by atoms with van der Waals surface area (Å²) in [6.07, 6.45) is 3.09. The molecule has 27 heavy (non-hydrogen) atoms. The molecule has 7 nitrogen and oxygen atoms in total. The minimum atomic E-state index is 0.617. The van der Waals surface area contributed by atoms with Gasteiger partial charge in [-0.1, -0.05) is 12.1 Å². The molecular formula is C20H24N6O. The Labute approximate surface area is 159 Å². The van der Waals surface area contributed by atoms with Gasteiger partial charge in [-0.25, -0.2) is 9.97 Å². The van der Waals surface area contributed by atoms with Crippen molar-refractivity contribution in [1.29, 1.82) is 5.26 Å². The van der Waals surface area contributed by atoms with Crippen LogP contribution in [0.1, 0.15) is 12.0 Å². The van der Waals surface area contributed by atoms with Crippen molar-refractivity contribution < 1.29 is 4.74 Å². The number of rotatable bonds is 5. The summed E-state index contributed by atoms with van der Waals surface area (Å²) >= 11 is 0. The summed E-state index contributed by atoms with van der Waals surface area (Å²) in [7, 11) is 0. The molecule has 2 saturated heterocycles. The average molecular weight is 364 g/mol. The van der Waals surface area contributed by atoms with E-state index in [9.17, 15) is 0 Å². The first-order chi connectivity index (χ1) is 13.3. The number of hydrogen-bond donors (Lipinski definition) is 2. The van der Waals surface area contributed by atoms with Crippen LogP contribution >= 0.6 is 0 Å². The van der Waals surface area contributed by atoms with Crippen molar-refractivity contribution in [3.63, 3.8) is 0 Å². The van der Waals surface area contributed by atoms with Crippen LogP contribution in [0.25, 0.3) is 11.3 Å². The van der Waals surface area contributed by atoms with Gasteiger partial charge in [-0.2, -0.15) is 5.26 Å². The van der Waals surface area contributed by atoms with E-state index in [2.05, 4.69) is 26.6 Å². The second-order valence-electron chi connectivity index (χ2n) is 6.96. The summed E-state index contributed by atoms with van der Waals surface area (Å²) in [5.41, 5.74) is 3.54. The second-order valence-corrected chi connectivity index (χ2v) is 6.96. The fraction of sp³-hybridized carbons (Fsp3) is 0.450. The zero-order valence-electron chi connectivity index (χ0n) is 15.3. The van der Waals surface area contributed by atoms with Crippen molar-refractivity contribution in [2.45, 2.75) is 6.42 Å². The predicted octanol–water partition coefficient (Wildman–Crippen LogP) is 1.87. The van der Waals surface area contributed by atoms with Gasteiger partial charge in [-0.3, -0.25) is 0 Å². The van der Waals surface area contributed by atoms with Gasteiger partial charge < -0.3 is 20.3 Å². The van der Waals surface area contributed by atoms with Crippen LogP contribution in [0.3, 0.4) is 0 Å². The maximum Gasteiger partial charge on any atom is 0.223 e. The minimum Gasteiger partial charge on any atom is -0.378 e. The lowest BCUT2D eigenvalue weighted by molar-refractivity contribution is 0.122. The summed E-state index contributed by atoms with van der Waals surface area (Å²) in [4.78, 5) is 11.6. The third-order valence-corrected chi connectivity index (χ3v) is 5.12. The number of morpholine rings is 1. The Morgan fingerprint density at radius 1 is 1.26 bits per heavy atom. The second kappa shape index (κ2) is 8.33. The molecule has 2 N–H and O–H groups in total. The lowest BCUT2D eigenvalue weighted by Gasteiger charge is -2.30. The van der Waals surface area contributed by atoms with Gasteiger partial charge in [0, 0.05) is 25.2 Å². The first-order valence-corrected chi connectivity index (χ1v) is 9.48. The zero-order valence-corrected chi connectivity index (χ0v) is 15.3. The van der Waals surface area contributed by atoms with Crippen molar-refractivity contribution in [3.8, 4) is 17.3 Å². The van der Waals surface area contributed by atoms with E-state index in [1.165, 1.54) is 6.42 Å². The molecule has 7 heteroatoms. The van der Waals surface area contributed by atoms with Gasteiger partial charge in [0.05, 0.1) is 42.4 Å². The summed E-state index contributed by atoms with van der Waals surface area (Å²) in [5.74, 6) is 1.27. The molecule has 1 aromatic carbocycles. The van der Waals surface area contributed by atoms with Crippen molar-refractivity contribution in [3.05, 3.63) is 36.0 Å². The van der Waals surface area contributed by atoms with E-state index in [4.69, 9.17) is 15.0 Å². The first kappa shape index (κ1) is 17.7. The van der Waals surface area contributed by atoms with E-state index >= 15 is 0 Å². The monoisotopic (exact) mass is 364 g/mol. The van der Waals surface area contributed by atoms with Crippen molar-refractivity contribution in [1.82, 2.24) is 15.3 Å². The highest BCUT2D eigenvalue weighted by atomic mass is 16.5. The average Bonchev–Trinajstić information content (AvgIpc) is 3.26. The normalized spacial score (nSPS) is 19.7. The summed E-state index contributed by atoms with van der Waals surface area (Å²) in [5, 5.41) is 15.8. The molecule has 2 aliphatic rings. The Morgan fingerprint density at radius 2 is 2.07 bits per heavy atom. The largest absolute Gasteiger partial charge is 0.378 e. The highest BCUT2D eigenvalue weighted by Gasteiger charge is 2.19. The van der Waals surface area contributed by atoms with Gasteiger partial charge in [0.25, 0.3) is 0 Å². The first-order valence-electron chi connectivity index (χ1n) is 9.48. The Bertz CT molecular complexity index is 804. The van der Waals surface area contributed by atoms with Gasteiger partial charge in [0.1, 0.15) is 0 Å². The molecule has 2 fully saturated rings. The number of nitriles is 1. The topological polar surface area (TPSA) is 86.1 Å². The van der Waals surface area contributed by atoms with Crippen molar-refractivity contribution in [2.75, 3.05) is 56.2 Å². The third-order valence-electron chi connectivity index (χ3n) is 5.12. The Kier molecular flexibility index (Phi) is 5.47. The molecule has 3 heterocycles. The molecule has 0 radical (unpaired) electrons. The number of anilines is 2. The van der Waals surface area contributed by atoms with Crippen LogP contribution < -0.4 is 15.5 Å². The van der Waals surface area contributed by atoms with Crippen LogP contribution in [0.2, 0.25) is 0 Å². The van der Waals surface area contributed by atoms with Gasteiger partial charge in [-0.05, 0) is 37.6 Å². The molecule has 0 aliphatic carbocycles. The van der Waals surface area contributed by atoms with Crippen molar-refractivity contribution in [2.24, 2.45) is 5.92 Å². The molecule has 140 valence electrons.